The highest BCUT2D eigenvalue weighted by atomic mass is 127. The van der Waals surface area contributed by atoms with Gasteiger partial charge >= 0.3 is 0 Å². The van der Waals surface area contributed by atoms with Gasteiger partial charge in [-0.15, -0.1) is 0 Å². The highest BCUT2D eigenvalue weighted by molar-refractivity contribution is 14.1. The van der Waals surface area contributed by atoms with E-state index in [0.29, 0.717) is 0 Å². The highest BCUT2D eigenvalue weighted by Gasteiger charge is 2.08. The van der Waals surface area contributed by atoms with Gasteiger partial charge in [-0.05, 0) is 66.2 Å². The van der Waals surface area contributed by atoms with Gasteiger partial charge in [0.25, 0.3) is 0 Å². The Morgan fingerprint density at radius 2 is 1.44 bits per heavy atom. The van der Waals surface area contributed by atoms with E-state index in [9.17, 15) is 0 Å². The van der Waals surface area contributed by atoms with Crippen molar-refractivity contribution in [2.24, 2.45) is 0 Å². The number of hydrogen-bond acceptors (Lipinski definition) is 1. The van der Waals surface area contributed by atoms with E-state index in [1.54, 1.807) is 0 Å². The first-order valence-corrected chi connectivity index (χ1v) is 7.39. The van der Waals surface area contributed by atoms with E-state index >= 15 is 0 Å². The lowest BCUT2D eigenvalue weighted by Crippen LogP contribution is -2.26. The third kappa shape index (κ3) is 4.06. The SMILES string of the molecule is Ic1ccc(CN2CCCCCCC2)cc1. The number of likely N-dealkylation sites (tertiary alicyclic amines) is 1. The fraction of sp³-hybridized carbons (Fsp3) is 0.571. The zero-order valence-corrected chi connectivity index (χ0v) is 11.9. The minimum atomic E-state index is 1.14. The van der Waals surface area contributed by atoms with Crippen LogP contribution in [0.1, 0.15) is 37.7 Å². The van der Waals surface area contributed by atoms with Gasteiger partial charge in [0, 0.05) is 10.1 Å². The Labute approximate surface area is 112 Å². The molecule has 16 heavy (non-hydrogen) atoms. The molecule has 1 saturated heterocycles. The first kappa shape index (κ1) is 12.4. The molecule has 0 atom stereocenters. The number of hydrogen-bond donors (Lipinski definition) is 0. The van der Waals surface area contributed by atoms with E-state index in [0.717, 1.165) is 6.54 Å². The summed E-state index contributed by atoms with van der Waals surface area (Å²) in [5, 5.41) is 0. The quantitative estimate of drug-likeness (QED) is 0.740. The number of nitrogens with zero attached hydrogens (tertiary/aromatic N) is 1. The number of halogens is 1. The minimum Gasteiger partial charge on any atom is -0.299 e. The van der Waals surface area contributed by atoms with Crippen molar-refractivity contribution in [1.29, 1.82) is 0 Å². The van der Waals surface area contributed by atoms with E-state index in [1.165, 1.54) is 54.3 Å². The van der Waals surface area contributed by atoms with Gasteiger partial charge in [-0.25, -0.2) is 0 Å². The first-order chi connectivity index (χ1) is 7.84. The molecule has 0 bridgehead atoms. The Morgan fingerprint density at radius 1 is 0.875 bits per heavy atom. The lowest BCUT2D eigenvalue weighted by molar-refractivity contribution is 0.240. The molecule has 1 nitrogen and oxygen atoms in total. The van der Waals surface area contributed by atoms with Gasteiger partial charge in [-0.3, -0.25) is 4.90 Å². The van der Waals surface area contributed by atoms with Gasteiger partial charge in [0.2, 0.25) is 0 Å². The van der Waals surface area contributed by atoms with E-state index < -0.39 is 0 Å². The van der Waals surface area contributed by atoms with Gasteiger partial charge in [0.15, 0.2) is 0 Å². The lowest BCUT2D eigenvalue weighted by Gasteiger charge is -2.24. The molecule has 1 aromatic carbocycles. The van der Waals surface area contributed by atoms with E-state index in [2.05, 4.69) is 51.8 Å². The van der Waals surface area contributed by atoms with Crippen molar-refractivity contribution in [3.63, 3.8) is 0 Å². The molecule has 1 aromatic rings. The average molecular weight is 329 g/mol. The molecule has 0 unspecified atom stereocenters. The summed E-state index contributed by atoms with van der Waals surface area (Å²) in [5.74, 6) is 0. The first-order valence-electron chi connectivity index (χ1n) is 6.31. The van der Waals surface area contributed by atoms with Crippen LogP contribution in [0.2, 0.25) is 0 Å². The standard InChI is InChI=1S/C14H20IN/c15-14-8-6-13(7-9-14)12-16-10-4-2-1-3-5-11-16/h6-9H,1-5,10-12H2. The van der Waals surface area contributed by atoms with Crippen molar-refractivity contribution in [2.45, 2.75) is 38.6 Å². The molecule has 0 spiro atoms. The maximum Gasteiger partial charge on any atom is 0.0233 e. The summed E-state index contributed by atoms with van der Waals surface area (Å²) in [6, 6.07) is 8.95. The number of benzene rings is 1. The molecular weight excluding hydrogens is 309 g/mol. The van der Waals surface area contributed by atoms with Crippen LogP contribution >= 0.6 is 22.6 Å². The number of rotatable bonds is 2. The Kier molecular flexibility index (Phi) is 5.10. The summed E-state index contributed by atoms with van der Waals surface area (Å²) < 4.78 is 1.33. The van der Waals surface area contributed by atoms with Crippen molar-refractivity contribution < 1.29 is 0 Å². The van der Waals surface area contributed by atoms with Crippen molar-refractivity contribution in [1.82, 2.24) is 4.90 Å². The van der Waals surface area contributed by atoms with Crippen LogP contribution in [0.5, 0.6) is 0 Å². The highest BCUT2D eigenvalue weighted by Crippen LogP contribution is 2.14. The third-order valence-electron chi connectivity index (χ3n) is 3.27. The second kappa shape index (κ2) is 6.60. The third-order valence-corrected chi connectivity index (χ3v) is 3.99. The fourth-order valence-electron chi connectivity index (χ4n) is 2.32. The Hall–Kier alpha value is -0.0900. The molecule has 0 radical (unpaired) electrons. The molecule has 88 valence electrons. The van der Waals surface area contributed by atoms with Crippen LogP contribution < -0.4 is 0 Å². The smallest absolute Gasteiger partial charge is 0.0233 e. The summed E-state index contributed by atoms with van der Waals surface area (Å²) in [5.41, 5.74) is 1.46. The van der Waals surface area contributed by atoms with Crippen LogP contribution in [0.25, 0.3) is 0 Å². The molecule has 1 aliphatic heterocycles. The van der Waals surface area contributed by atoms with Crippen LogP contribution in [0.4, 0.5) is 0 Å². The molecule has 0 aromatic heterocycles. The zero-order valence-electron chi connectivity index (χ0n) is 9.79. The van der Waals surface area contributed by atoms with Crippen LogP contribution in [0.3, 0.4) is 0 Å². The summed E-state index contributed by atoms with van der Waals surface area (Å²) >= 11 is 2.37. The molecule has 2 rings (SSSR count). The summed E-state index contributed by atoms with van der Waals surface area (Å²) in [6.45, 7) is 3.70. The summed E-state index contributed by atoms with van der Waals surface area (Å²) in [6.07, 6.45) is 7.04. The molecular formula is C14H20IN. The monoisotopic (exact) mass is 329 g/mol. The maximum atomic E-state index is 2.61. The molecule has 2 heteroatoms. The molecule has 0 N–H and O–H groups in total. The minimum absolute atomic E-state index is 1.14. The predicted molar refractivity (Wildman–Crippen MR) is 77.5 cm³/mol. The average Bonchev–Trinajstić information content (AvgIpc) is 2.25. The lowest BCUT2D eigenvalue weighted by atomic mass is 10.1. The van der Waals surface area contributed by atoms with E-state index in [-0.39, 0.29) is 0 Å². The van der Waals surface area contributed by atoms with Crippen LogP contribution in [-0.2, 0) is 6.54 Å². The molecule has 1 fully saturated rings. The van der Waals surface area contributed by atoms with Crippen molar-refractivity contribution >= 4 is 22.6 Å². The van der Waals surface area contributed by atoms with Crippen LogP contribution in [-0.4, -0.2) is 18.0 Å². The predicted octanol–water partition coefficient (Wildman–Crippen LogP) is 4.06. The summed E-state index contributed by atoms with van der Waals surface area (Å²) in [4.78, 5) is 2.61. The largest absolute Gasteiger partial charge is 0.299 e. The van der Waals surface area contributed by atoms with E-state index in [1.807, 2.05) is 0 Å². The maximum absolute atomic E-state index is 2.61. The molecule has 1 aliphatic rings. The van der Waals surface area contributed by atoms with Gasteiger partial charge in [0.1, 0.15) is 0 Å². The van der Waals surface area contributed by atoms with Crippen molar-refractivity contribution in [2.75, 3.05) is 13.1 Å². The van der Waals surface area contributed by atoms with Gasteiger partial charge in [-0.2, -0.15) is 0 Å². The normalized spacial score (nSPS) is 19.1. The molecule has 0 saturated carbocycles. The van der Waals surface area contributed by atoms with Gasteiger partial charge in [-0.1, -0.05) is 31.4 Å². The summed E-state index contributed by atoms with van der Waals surface area (Å²) in [7, 11) is 0. The Morgan fingerprint density at radius 3 is 2.06 bits per heavy atom. The van der Waals surface area contributed by atoms with Crippen LogP contribution in [0, 0.1) is 3.57 Å². The second-order valence-electron chi connectivity index (χ2n) is 4.67. The van der Waals surface area contributed by atoms with E-state index in [4.69, 9.17) is 0 Å². The fourth-order valence-corrected chi connectivity index (χ4v) is 2.68. The Bertz CT molecular complexity index is 299. The van der Waals surface area contributed by atoms with Crippen LogP contribution in [0.15, 0.2) is 24.3 Å². The van der Waals surface area contributed by atoms with Crippen molar-refractivity contribution in [3.05, 3.63) is 33.4 Å². The Balaban J connectivity index is 1.89. The molecule has 0 aliphatic carbocycles. The molecule has 0 amide bonds. The zero-order chi connectivity index (χ0) is 11.2. The second-order valence-corrected chi connectivity index (χ2v) is 5.92. The van der Waals surface area contributed by atoms with Crippen molar-refractivity contribution in [3.8, 4) is 0 Å². The van der Waals surface area contributed by atoms with Gasteiger partial charge < -0.3 is 0 Å². The topological polar surface area (TPSA) is 3.24 Å². The molecule has 1 heterocycles. The van der Waals surface area contributed by atoms with Gasteiger partial charge in [0.05, 0.1) is 0 Å².